The van der Waals surface area contributed by atoms with Crippen LogP contribution in [0.3, 0.4) is 0 Å². The van der Waals surface area contributed by atoms with E-state index in [1.54, 1.807) is 12.3 Å². The molecule has 0 aliphatic carbocycles. The quantitative estimate of drug-likeness (QED) is 0.565. The molecule has 5 nitrogen and oxygen atoms in total. The van der Waals surface area contributed by atoms with Gasteiger partial charge in [-0.25, -0.2) is 4.68 Å². The first-order valence-electron chi connectivity index (χ1n) is 6.31. The molecule has 1 aromatic rings. The van der Waals surface area contributed by atoms with Gasteiger partial charge < -0.3 is 10.4 Å². The van der Waals surface area contributed by atoms with Crippen LogP contribution in [0, 0.1) is 5.92 Å². The Hall–Kier alpha value is -1.33. The molecule has 0 bridgehead atoms. The number of hydrogen-bond donors (Lipinski definition) is 2. The van der Waals surface area contributed by atoms with Crippen LogP contribution >= 0.6 is 11.6 Å². The fourth-order valence-electron chi connectivity index (χ4n) is 1.61. The molecule has 0 amide bonds. The second-order valence-electron chi connectivity index (χ2n) is 4.50. The molecule has 0 fully saturated rings. The number of aliphatic hydroxyl groups is 1. The van der Waals surface area contributed by atoms with Crippen molar-refractivity contribution in [1.82, 2.24) is 9.78 Å². The standard InChI is InChI=1S/C13H20ClN3O2/c1-3-7-17-13(19)12(14)11(8-16-17)15-6-4-5-10(2)9-18/h3,8,10,15,18H,1,4-7,9H2,2H3. The highest BCUT2D eigenvalue weighted by Crippen LogP contribution is 2.15. The number of rotatable bonds is 8. The third-order valence-electron chi connectivity index (χ3n) is 2.79. The summed E-state index contributed by atoms with van der Waals surface area (Å²) in [5, 5.41) is 16.1. The molecule has 0 aliphatic rings. The Bertz CT molecular complexity index is 473. The number of hydrogen-bond acceptors (Lipinski definition) is 4. The van der Waals surface area contributed by atoms with Gasteiger partial charge in [-0.3, -0.25) is 4.79 Å². The third kappa shape index (κ3) is 4.69. The van der Waals surface area contributed by atoms with Crippen molar-refractivity contribution in [3.63, 3.8) is 0 Å². The lowest BCUT2D eigenvalue weighted by Crippen LogP contribution is -2.23. The zero-order valence-corrected chi connectivity index (χ0v) is 11.9. The zero-order valence-electron chi connectivity index (χ0n) is 11.1. The van der Waals surface area contributed by atoms with Crippen LogP contribution in [0.4, 0.5) is 5.69 Å². The summed E-state index contributed by atoms with van der Waals surface area (Å²) in [6.07, 6.45) is 4.95. The predicted molar refractivity (Wildman–Crippen MR) is 77.7 cm³/mol. The highest BCUT2D eigenvalue weighted by molar-refractivity contribution is 6.32. The Labute approximate surface area is 117 Å². The smallest absolute Gasteiger partial charge is 0.287 e. The van der Waals surface area contributed by atoms with Crippen LogP contribution < -0.4 is 10.9 Å². The number of aliphatic hydroxyl groups excluding tert-OH is 1. The fraction of sp³-hybridized carbons (Fsp3) is 0.538. The maximum absolute atomic E-state index is 11.8. The van der Waals surface area contributed by atoms with Crippen LogP contribution in [-0.2, 0) is 6.54 Å². The van der Waals surface area contributed by atoms with Gasteiger partial charge in [-0.15, -0.1) is 6.58 Å². The van der Waals surface area contributed by atoms with Gasteiger partial charge in [-0.2, -0.15) is 5.10 Å². The lowest BCUT2D eigenvalue weighted by atomic mass is 10.1. The van der Waals surface area contributed by atoms with E-state index in [9.17, 15) is 4.79 Å². The Morgan fingerprint density at radius 1 is 1.68 bits per heavy atom. The van der Waals surface area contributed by atoms with E-state index in [1.165, 1.54) is 4.68 Å². The summed E-state index contributed by atoms with van der Waals surface area (Å²) in [4.78, 5) is 11.8. The second kappa shape index (κ2) is 7.96. The number of allylic oxidation sites excluding steroid dienone is 1. The zero-order chi connectivity index (χ0) is 14.3. The average Bonchev–Trinajstić information content (AvgIpc) is 2.42. The molecule has 1 heterocycles. The molecule has 0 saturated heterocycles. The lowest BCUT2D eigenvalue weighted by molar-refractivity contribution is 0.229. The van der Waals surface area contributed by atoms with E-state index in [-0.39, 0.29) is 23.1 Å². The van der Waals surface area contributed by atoms with E-state index >= 15 is 0 Å². The lowest BCUT2D eigenvalue weighted by Gasteiger charge is -2.11. The highest BCUT2D eigenvalue weighted by Gasteiger charge is 2.08. The number of nitrogens with zero attached hydrogens (tertiary/aromatic N) is 2. The average molecular weight is 286 g/mol. The Morgan fingerprint density at radius 2 is 2.42 bits per heavy atom. The van der Waals surface area contributed by atoms with Crippen molar-refractivity contribution in [2.24, 2.45) is 5.92 Å². The third-order valence-corrected chi connectivity index (χ3v) is 3.15. The monoisotopic (exact) mass is 285 g/mol. The van der Waals surface area contributed by atoms with E-state index in [0.717, 1.165) is 12.8 Å². The maximum Gasteiger partial charge on any atom is 0.287 e. The van der Waals surface area contributed by atoms with Crippen molar-refractivity contribution in [2.45, 2.75) is 26.3 Å². The molecule has 1 unspecified atom stereocenters. The molecular formula is C13H20ClN3O2. The predicted octanol–water partition coefficient (Wildman–Crippen LogP) is 1.90. The van der Waals surface area contributed by atoms with Gasteiger partial charge >= 0.3 is 0 Å². The minimum absolute atomic E-state index is 0.145. The van der Waals surface area contributed by atoms with Crippen molar-refractivity contribution in [3.8, 4) is 0 Å². The Morgan fingerprint density at radius 3 is 3.05 bits per heavy atom. The summed E-state index contributed by atoms with van der Waals surface area (Å²) in [6.45, 7) is 6.77. The summed E-state index contributed by atoms with van der Waals surface area (Å²) in [5.41, 5.74) is 0.221. The van der Waals surface area contributed by atoms with E-state index in [4.69, 9.17) is 16.7 Å². The first-order valence-corrected chi connectivity index (χ1v) is 6.69. The molecular weight excluding hydrogens is 266 g/mol. The van der Waals surface area contributed by atoms with Crippen LogP contribution in [0.2, 0.25) is 5.02 Å². The molecule has 0 spiro atoms. The largest absolute Gasteiger partial charge is 0.396 e. The maximum atomic E-state index is 11.8. The summed E-state index contributed by atoms with van der Waals surface area (Å²) >= 11 is 5.99. The van der Waals surface area contributed by atoms with Gasteiger partial charge in [0.2, 0.25) is 0 Å². The van der Waals surface area contributed by atoms with Crippen molar-refractivity contribution >= 4 is 17.3 Å². The minimum Gasteiger partial charge on any atom is -0.396 e. The number of nitrogens with one attached hydrogen (secondary N) is 1. The van der Waals surface area contributed by atoms with Crippen LogP contribution in [0.1, 0.15) is 19.8 Å². The van der Waals surface area contributed by atoms with Crippen molar-refractivity contribution in [1.29, 1.82) is 0 Å². The van der Waals surface area contributed by atoms with Crippen molar-refractivity contribution < 1.29 is 5.11 Å². The first-order chi connectivity index (χ1) is 9.10. The van der Waals surface area contributed by atoms with Gasteiger partial charge in [0.05, 0.1) is 18.4 Å². The minimum atomic E-state index is -0.324. The van der Waals surface area contributed by atoms with Gasteiger partial charge in [0.1, 0.15) is 5.02 Å². The molecule has 0 aliphatic heterocycles. The Balaban J connectivity index is 2.58. The van der Waals surface area contributed by atoms with Crippen LogP contribution in [0.5, 0.6) is 0 Å². The number of halogens is 1. The fourth-order valence-corrected chi connectivity index (χ4v) is 1.82. The normalized spacial score (nSPS) is 12.2. The van der Waals surface area contributed by atoms with Crippen molar-refractivity contribution in [3.05, 3.63) is 34.2 Å². The summed E-state index contributed by atoms with van der Waals surface area (Å²) in [6, 6.07) is 0. The molecule has 2 N–H and O–H groups in total. The molecule has 19 heavy (non-hydrogen) atoms. The van der Waals surface area contributed by atoms with Gasteiger partial charge in [0.25, 0.3) is 5.56 Å². The van der Waals surface area contributed by atoms with E-state index in [2.05, 4.69) is 17.0 Å². The van der Waals surface area contributed by atoms with Gasteiger partial charge in [-0.1, -0.05) is 24.6 Å². The van der Waals surface area contributed by atoms with Crippen LogP contribution in [0.15, 0.2) is 23.6 Å². The molecule has 106 valence electrons. The van der Waals surface area contributed by atoms with Gasteiger partial charge in [-0.05, 0) is 18.8 Å². The van der Waals surface area contributed by atoms with Crippen LogP contribution in [0.25, 0.3) is 0 Å². The molecule has 0 aromatic carbocycles. The summed E-state index contributed by atoms with van der Waals surface area (Å²) < 4.78 is 1.26. The molecule has 1 aromatic heterocycles. The molecule has 6 heteroatoms. The number of anilines is 1. The van der Waals surface area contributed by atoms with E-state index in [0.29, 0.717) is 18.8 Å². The Kier molecular flexibility index (Phi) is 6.59. The molecule has 1 rings (SSSR count). The van der Waals surface area contributed by atoms with Crippen LogP contribution in [-0.4, -0.2) is 28.0 Å². The topological polar surface area (TPSA) is 67.2 Å². The molecule has 1 atom stereocenters. The molecule has 0 saturated carbocycles. The van der Waals surface area contributed by atoms with Gasteiger partial charge in [0, 0.05) is 13.2 Å². The highest BCUT2D eigenvalue weighted by atomic mass is 35.5. The van der Waals surface area contributed by atoms with E-state index in [1.807, 2.05) is 6.92 Å². The number of aromatic nitrogens is 2. The van der Waals surface area contributed by atoms with Gasteiger partial charge in [0.15, 0.2) is 0 Å². The summed E-state index contributed by atoms with van der Waals surface area (Å²) in [7, 11) is 0. The van der Waals surface area contributed by atoms with Crippen molar-refractivity contribution in [2.75, 3.05) is 18.5 Å². The second-order valence-corrected chi connectivity index (χ2v) is 4.88. The molecule has 0 radical (unpaired) electrons. The van der Waals surface area contributed by atoms with E-state index < -0.39 is 0 Å². The summed E-state index contributed by atoms with van der Waals surface area (Å²) in [5.74, 6) is 0.288. The first kappa shape index (κ1) is 15.7. The SMILES string of the molecule is C=CCn1ncc(NCCCC(C)CO)c(Cl)c1=O.